The first-order chi connectivity index (χ1) is 40.8. The predicted molar refractivity (Wildman–Crippen MR) is 357 cm³/mol. The molecule has 10 heteroatoms. The maximum Gasteiger partial charge on any atom is 0.472 e. The highest BCUT2D eigenvalue weighted by Gasteiger charge is 2.26. The fraction of sp³-hybridized carbons (Fsp3) is 0.616. The van der Waals surface area contributed by atoms with Gasteiger partial charge in [-0.25, -0.2) is 4.57 Å². The Hall–Kier alpha value is -4.37. The lowest BCUT2D eigenvalue weighted by Crippen LogP contribution is -2.29. The number of hydrogen-bond acceptors (Lipinski definition) is 8. The van der Waals surface area contributed by atoms with Gasteiger partial charge in [0.25, 0.3) is 0 Å². The largest absolute Gasteiger partial charge is 0.472 e. The molecule has 0 bridgehead atoms. The van der Waals surface area contributed by atoms with E-state index in [-0.39, 0.29) is 32.6 Å². The monoisotopic (exact) mass is 1170 g/mol. The molecule has 0 aliphatic rings. The highest BCUT2D eigenvalue weighted by molar-refractivity contribution is 7.47. The molecule has 0 spiro atoms. The van der Waals surface area contributed by atoms with Crippen LogP contribution in [0.5, 0.6) is 0 Å². The molecule has 470 valence electrons. The molecule has 0 heterocycles. The van der Waals surface area contributed by atoms with Crippen molar-refractivity contribution in [1.29, 1.82) is 0 Å². The summed E-state index contributed by atoms with van der Waals surface area (Å²) in [5.74, 6) is -0.852. The molecule has 0 radical (unpaired) electrons. The van der Waals surface area contributed by atoms with E-state index in [0.29, 0.717) is 6.42 Å². The minimum absolute atomic E-state index is 0.0433. The van der Waals surface area contributed by atoms with E-state index >= 15 is 0 Å². The van der Waals surface area contributed by atoms with Gasteiger partial charge in [-0.1, -0.05) is 275 Å². The van der Waals surface area contributed by atoms with Crippen molar-refractivity contribution >= 4 is 19.8 Å². The number of unbranched alkanes of at least 4 members (excludes halogenated alkanes) is 21. The zero-order valence-electron chi connectivity index (χ0n) is 52.6. The molecule has 0 aliphatic heterocycles. The average Bonchev–Trinajstić information content (AvgIpc) is 3.49. The van der Waals surface area contributed by atoms with Gasteiger partial charge in [0, 0.05) is 19.4 Å². The van der Waals surface area contributed by atoms with Gasteiger partial charge in [-0.3, -0.25) is 18.6 Å². The fourth-order valence-electron chi connectivity index (χ4n) is 8.55. The Morgan fingerprint density at radius 3 is 0.988 bits per heavy atom. The summed E-state index contributed by atoms with van der Waals surface area (Å²) in [5, 5.41) is 0. The van der Waals surface area contributed by atoms with Crippen molar-refractivity contribution in [3.63, 3.8) is 0 Å². The highest BCUT2D eigenvalue weighted by atomic mass is 31.2. The first kappa shape index (κ1) is 78.6. The van der Waals surface area contributed by atoms with E-state index < -0.39 is 32.5 Å². The van der Waals surface area contributed by atoms with Crippen LogP contribution >= 0.6 is 7.82 Å². The molecule has 0 fully saturated rings. The second-order valence-electron chi connectivity index (χ2n) is 21.2. The van der Waals surface area contributed by atoms with Crippen LogP contribution in [0.15, 0.2) is 158 Å². The Morgan fingerprint density at radius 2 is 0.663 bits per heavy atom. The van der Waals surface area contributed by atoms with Crippen LogP contribution in [0, 0.1) is 0 Å². The summed E-state index contributed by atoms with van der Waals surface area (Å²) in [5.41, 5.74) is 5.39. The summed E-state index contributed by atoms with van der Waals surface area (Å²) in [6.45, 7) is 3.60. The Bertz CT molecular complexity index is 1920. The van der Waals surface area contributed by atoms with Crippen molar-refractivity contribution in [2.24, 2.45) is 5.73 Å². The van der Waals surface area contributed by atoms with E-state index in [1.807, 2.05) is 0 Å². The zero-order valence-corrected chi connectivity index (χ0v) is 53.5. The van der Waals surface area contributed by atoms with Crippen molar-refractivity contribution in [1.82, 2.24) is 0 Å². The molecule has 0 saturated carbocycles. The molecule has 0 aliphatic carbocycles. The summed E-state index contributed by atoms with van der Waals surface area (Å²) in [4.78, 5) is 35.3. The predicted octanol–water partition coefficient (Wildman–Crippen LogP) is 21.6. The SMILES string of the molecule is CC/C=C\C/C=C\C/C=C\C/C=C\C/C=C\C/C=C\C/C=C\C/C=C\C/C=C\C/C=C\C/C=C\CCCCCCCCCC(=O)OC(COC(=O)CCCCCCCCCCC/C=C\C/C=C\CCCCCCC)COP(=O)(O)OCCN. The second-order valence-corrected chi connectivity index (χ2v) is 22.7. The quantitative estimate of drug-likeness (QED) is 0.0264. The number of esters is 2. The zero-order chi connectivity index (χ0) is 60.1. The second kappa shape index (κ2) is 66.8. The number of phosphoric acid groups is 1. The number of carbonyl (C=O) groups excluding carboxylic acids is 2. The van der Waals surface area contributed by atoms with Crippen LogP contribution in [0.2, 0.25) is 0 Å². The summed E-state index contributed by atoms with van der Waals surface area (Å²) < 4.78 is 33.1. The van der Waals surface area contributed by atoms with Crippen molar-refractivity contribution in [2.75, 3.05) is 26.4 Å². The van der Waals surface area contributed by atoms with E-state index in [4.69, 9.17) is 24.3 Å². The maximum absolute atomic E-state index is 12.7. The van der Waals surface area contributed by atoms with Gasteiger partial charge < -0.3 is 20.1 Å². The van der Waals surface area contributed by atoms with E-state index in [2.05, 4.69) is 172 Å². The number of carbonyl (C=O) groups is 2. The van der Waals surface area contributed by atoms with Gasteiger partial charge in [0.05, 0.1) is 13.2 Å². The molecule has 0 amide bonds. The van der Waals surface area contributed by atoms with Crippen molar-refractivity contribution < 1.29 is 37.6 Å². The molecular weight excluding hydrogens is 1050 g/mol. The van der Waals surface area contributed by atoms with Crippen molar-refractivity contribution in [3.8, 4) is 0 Å². The Kier molecular flexibility index (Phi) is 63.3. The van der Waals surface area contributed by atoms with Crippen LogP contribution in [0.3, 0.4) is 0 Å². The molecule has 83 heavy (non-hydrogen) atoms. The van der Waals surface area contributed by atoms with Crippen LogP contribution in [0.4, 0.5) is 0 Å². The summed E-state index contributed by atoms with van der Waals surface area (Å²) >= 11 is 0. The highest BCUT2D eigenvalue weighted by Crippen LogP contribution is 2.43. The summed E-state index contributed by atoms with van der Waals surface area (Å²) in [7, 11) is -4.41. The maximum atomic E-state index is 12.7. The number of hydrogen-bond donors (Lipinski definition) is 2. The molecule has 9 nitrogen and oxygen atoms in total. The number of nitrogens with two attached hydrogens (primary N) is 1. The lowest BCUT2D eigenvalue weighted by molar-refractivity contribution is -0.161. The summed E-state index contributed by atoms with van der Waals surface area (Å²) in [6, 6.07) is 0. The topological polar surface area (TPSA) is 134 Å². The minimum Gasteiger partial charge on any atom is -0.462 e. The number of allylic oxidation sites excluding steroid dienone is 26. The Morgan fingerprint density at radius 1 is 0.373 bits per heavy atom. The van der Waals surface area contributed by atoms with Gasteiger partial charge in [-0.15, -0.1) is 0 Å². The van der Waals surface area contributed by atoms with Gasteiger partial charge in [0.1, 0.15) is 6.61 Å². The third-order valence-electron chi connectivity index (χ3n) is 13.4. The molecule has 2 atom stereocenters. The fourth-order valence-corrected chi connectivity index (χ4v) is 9.32. The van der Waals surface area contributed by atoms with E-state index in [1.165, 1.54) is 83.5 Å². The molecule has 2 unspecified atom stereocenters. The lowest BCUT2D eigenvalue weighted by Gasteiger charge is -2.19. The van der Waals surface area contributed by atoms with E-state index in [0.717, 1.165) is 141 Å². The van der Waals surface area contributed by atoms with Crippen LogP contribution in [-0.2, 0) is 32.7 Å². The molecule has 0 saturated heterocycles. The third kappa shape index (κ3) is 66.6. The van der Waals surface area contributed by atoms with Crippen LogP contribution in [0.25, 0.3) is 0 Å². The first-order valence-corrected chi connectivity index (χ1v) is 34.5. The third-order valence-corrected chi connectivity index (χ3v) is 14.4. The molecule has 3 N–H and O–H groups in total. The molecule has 0 rings (SSSR count). The smallest absolute Gasteiger partial charge is 0.462 e. The Labute approximate surface area is 509 Å². The molecule has 0 aromatic rings. The average molecular weight is 1170 g/mol. The normalized spacial score (nSPS) is 14.0. The first-order valence-electron chi connectivity index (χ1n) is 33.0. The van der Waals surface area contributed by atoms with Crippen LogP contribution < -0.4 is 5.73 Å². The van der Waals surface area contributed by atoms with Crippen LogP contribution in [0.1, 0.15) is 258 Å². The van der Waals surface area contributed by atoms with Gasteiger partial charge in [-0.05, 0) is 128 Å². The van der Waals surface area contributed by atoms with Crippen LogP contribution in [-0.4, -0.2) is 49.3 Å². The number of ether oxygens (including phenoxy) is 2. The molecule has 0 aromatic carbocycles. The van der Waals surface area contributed by atoms with Crippen molar-refractivity contribution in [2.45, 2.75) is 264 Å². The lowest BCUT2D eigenvalue weighted by atomic mass is 10.1. The summed E-state index contributed by atoms with van der Waals surface area (Å²) in [6.07, 6.45) is 97.4. The number of phosphoric ester groups is 1. The standard InChI is InChI=1S/C73H120NO8P/c1-3-5-7-9-11-13-15-17-19-21-23-25-26-27-28-29-30-31-32-33-34-35-36-37-38-39-40-41-42-43-44-46-48-50-52-54-56-58-60-62-64-66-73(76)82-71(70-81-83(77,78)80-68-67-74)69-79-72(75)65-63-61-59-57-55-53-51-49-47-45-24-22-20-18-16-14-12-10-8-6-4-2/h5,7,11,13,16-19,22-25,27-28,30-31,33-34,36-37,39-40,42-43,46,48,71H,3-4,6,8-10,12,14-15,20-21,26,29,32,35,38,41,44-45,47,49-70,74H2,1-2H3,(H,77,78)/b7-5-,13-11-,18-16-,19-17-,24-22-,25-23-,28-27-,31-30-,34-33-,37-36-,40-39-,43-42-,48-46-. The number of rotatable bonds is 60. The molecule has 0 aromatic heterocycles. The van der Waals surface area contributed by atoms with Gasteiger partial charge in [-0.2, -0.15) is 0 Å². The molecular formula is C73H120NO8P. The van der Waals surface area contributed by atoms with Gasteiger partial charge in [0.2, 0.25) is 0 Å². The van der Waals surface area contributed by atoms with E-state index in [1.54, 1.807) is 0 Å². The van der Waals surface area contributed by atoms with E-state index in [9.17, 15) is 19.0 Å². The Balaban J connectivity index is 4.01. The van der Waals surface area contributed by atoms with Gasteiger partial charge >= 0.3 is 19.8 Å². The van der Waals surface area contributed by atoms with Crippen molar-refractivity contribution in [3.05, 3.63) is 158 Å². The minimum atomic E-state index is -4.41. The van der Waals surface area contributed by atoms with Gasteiger partial charge in [0.15, 0.2) is 6.10 Å².